The van der Waals surface area contributed by atoms with Crippen molar-refractivity contribution in [3.8, 4) is 0 Å². The van der Waals surface area contributed by atoms with Crippen LogP contribution in [0.2, 0.25) is 0 Å². The third-order valence-corrected chi connectivity index (χ3v) is 10.3. The van der Waals surface area contributed by atoms with Gasteiger partial charge in [0.05, 0.1) is 5.60 Å². The predicted molar refractivity (Wildman–Crippen MR) is 133 cm³/mol. The van der Waals surface area contributed by atoms with Crippen molar-refractivity contribution in [1.82, 2.24) is 9.88 Å². The topological polar surface area (TPSA) is 36.1 Å². The largest absolute Gasteiger partial charge is 0.385 e. The molecule has 5 aliphatic rings. The monoisotopic (exact) mass is 440 g/mol. The van der Waals surface area contributed by atoms with Gasteiger partial charge >= 0.3 is 0 Å². The molecule has 3 fully saturated rings. The van der Waals surface area contributed by atoms with E-state index in [1.54, 1.807) is 5.57 Å². The van der Waals surface area contributed by atoms with E-state index in [2.05, 4.69) is 53.2 Å². The van der Waals surface area contributed by atoms with E-state index >= 15 is 0 Å². The summed E-state index contributed by atoms with van der Waals surface area (Å²) in [4.78, 5) is 7.00. The zero-order chi connectivity index (χ0) is 22.2. The summed E-state index contributed by atoms with van der Waals surface area (Å²) in [5.74, 6) is 1.52. The van der Waals surface area contributed by atoms with E-state index < -0.39 is 5.60 Å². The average molecular weight is 441 g/mol. The summed E-state index contributed by atoms with van der Waals surface area (Å²) in [6.45, 7) is 5.08. The molecule has 0 spiro atoms. The van der Waals surface area contributed by atoms with Crippen LogP contribution in [0.15, 0.2) is 60.0 Å². The Hall–Kier alpha value is -1.97. The molecule has 1 aliphatic heterocycles. The summed E-state index contributed by atoms with van der Waals surface area (Å²) >= 11 is 0. The fourth-order valence-corrected chi connectivity index (χ4v) is 8.36. The van der Waals surface area contributed by atoms with Crippen LogP contribution in [0.4, 0.5) is 0 Å². The summed E-state index contributed by atoms with van der Waals surface area (Å²) in [5.41, 5.74) is 3.79. The van der Waals surface area contributed by atoms with Gasteiger partial charge in [-0.3, -0.25) is 9.88 Å². The lowest BCUT2D eigenvalue weighted by atomic mass is 9.58. The first kappa shape index (κ1) is 20.4. The maximum absolute atomic E-state index is 12.3. The van der Waals surface area contributed by atoms with Crippen LogP contribution < -0.4 is 0 Å². The van der Waals surface area contributed by atoms with E-state index in [9.17, 15) is 5.11 Å². The van der Waals surface area contributed by atoms with Crippen LogP contribution in [0.5, 0.6) is 0 Å². The molecule has 1 aromatic carbocycles. The molecule has 2 saturated carbocycles. The standard InChI is InChI=1S/C30H36N2O/c1-29-11-9-25-17-21-4-5-26(32-14-15-32)18-22(21)8-12-30(25,33)28(29)7-6-27(29)23-3-2-20-10-13-31-19-24(20)16-23/h2-3,9-10,13,16-17,19,22,26-28,33H,4-8,11-12,14-15,18H2,1H3/t22?,26?,27?,28?,29?,30-/m1/s1. The smallest absolute Gasteiger partial charge is 0.0927 e. The Kier molecular flexibility index (Phi) is 4.49. The third kappa shape index (κ3) is 3.12. The normalized spacial score (nSPS) is 40.3. The number of hydrogen-bond acceptors (Lipinski definition) is 3. The molecule has 2 heterocycles. The van der Waals surface area contributed by atoms with Gasteiger partial charge in [-0.15, -0.1) is 0 Å². The number of benzene rings is 1. The number of nitrogens with zero attached hydrogens (tertiary/aromatic N) is 2. The van der Waals surface area contributed by atoms with Crippen molar-refractivity contribution < 1.29 is 5.11 Å². The summed E-state index contributed by atoms with van der Waals surface area (Å²) in [7, 11) is 0. The molecule has 5 unspecified atom stereocenters. The average Bonchev–Trinajstić information content (AvgIpc) is 3.63. The molecule has 2 aromatic rings. The second-order valence-electron chi connectivity index (χ2n) is 11.9. The number of fused-ring (bicyclic) bond motifs is 5. The van der Waals surface area contributed by atoms with Gasteiger partial charge in [0.25, 0.3) is 0 Å². The first-order valence-electron chi connectivity index (χ1n) is 13.3. The highest BCUT2D eigenvalue weighted by Crippen LogP contribution is 2.64. The van der Waals surface area contributed by atoms with Gasteiger partial charge in [0, 0.05) is 36.9 Å². The number of allylic oxidation sites excluding steroid dienone is 2. The van der Waals surface area contributed by atoms with Crippen LogP contribution in [0.1, 0.15) is 69.8 Å². The van der Waals surface area contributed by atoms with Gasteiger partial charge in [0.15, 0.2) is 0 Å². The third-order valence-electron chi connectivity index (χ3n) is 10.3. The van der Waals surface area contributed by atoms with Crippen molar-refractivity contribution in [2.75, 3.05) is 13.1 Å². The molecule has 7 rings (SSSR count). The van der Waals surface area contributed by atoms with Crippen LogP contribution >= 0.6 is 0 Å². The first-order valence-corrected chi connectivity index (χ1v) is 13.3. The SMILES string of the molecule is CC12CC=C3C=C4CCC(N5CC5)CC4CC[C@]3(O)C1CCC2c1ccc2ccncc2c1. The second kappa shape index (κ2) is 7.26. The first-order chi connectivity index (χ1) is 16.0. The van der Waals surface area contributed by atoms with Gasteiger partial charge < -0.3 is 5.11 Å². The Bertz CT molecular complexity index is 1160. The predicted octanol–water partition coefficient (Wildman–Crippen LogP) is 6.00. The molecule has 0 amide bonds. The van der Waals surface area contributed by atoms with Crippen molar-refractivity contribution in [2.45, 2.75) is 75.9 Å². The molecule has 172 valence electrons. The van der Waals surface area contributed by atoms with Crippen molar-refractivity contribution in [3.05, 3.63) is 65.5 Å². The fraction of sp³-hybridized carbons (Fsp3) is 0.567. The van der Waals surface area contributed by atoms with Crippen LogP contribution in [0, 0.1) is 17.3 Å². The molecule has 0 radical (unpaired) electrons. The zero-order valence-electron chi connectivity index (χ0n) is 19.8. The molecule has 33 heavy (non-hydrogen) atoms. The Morgan fingerprint density at radius 1 is 1.06 bits per heavy atom. The van der Waals surface area contributed by atoms with Crippen molar-refractivity contribution in [3.63, 3.8) is 0 Å². The molecule has 3 heteroatoms. The van der Waals surface area contributed by atoms with E-state index in [0.717, 1.165) is 31.7 Å². The molecule has 1 saturated heterocycles. The highest BCUT2D eigenvalue weighted by atomic mass is 16.3. The number of pyridine rings is 1. The van der Waals surface area contributed by atoms with Crippen molar-refractivity contribution in [2.24, 2.45) is 17.3 Å². The number of rotatable bonds is 2. The lowest BCUT2D eigenvalue weighted by Gasteiger charge is -2.49. The molecular formula is C30H36N2O. The zero-order valence-corrected chi connectivity index (χ0v) is 19.8. The maximum Gasteiger partial charge on any atom is 0.0927 e. The Morgan fingerprint density at radius 2 is 1.97 bits per heavy atom. The molecular weight excluding hydrogens is 404 g/mol. The van der Waals surface area contributed by atoms with Gasteiger partial charge in [0.1, 0.15) is 0 Å². The van der Waals surface area contributed by atoms with Gasteiger partial charge in [-0.1, -0.05) is 36.8 Å². The second-order valence-corrected chi connectivity index (χ2v) is 11.9. The van der Waals surface area contributed by atoms with E-state index in [4.69, 9.17) is 0 Å². The van der Waals surface area contributed by atoms with Crippen LogP contribution in [-0.2, 0) is 0 Å². The molecule has 1 aromatic heterocycles. The number of aliphatic hydroxyl groups is 1. The molecule has 0 bridgehead atoms. The Morgan fingerprint density at radius 3 is 2.85 bits per heavy atom. The fourth-order valence-electron chi connectivity index (χ4n) is 8.36. The minimum Gasteiger partial charge on any atom is -0.385 e. The van der Waals surface area contributed by atoms with E-state index in [1.807, 2.05) is 12.4 Å². The number of hydrogen-bond donors (Lipinski definition) is 1. The number of aromatic nitrogens is 1. The summed E-state index contributed by atoms with van der Waals surface area (Å²) in [6.07, 6.45) is 18.1. The summed E-state index contributed by atoms with van der Waals surface area (Å²) < 4.78 is 0. The minimum absolute atomic E-state index is 0.115. The molecule has 3 nitrogen and oxygen atoms in total. The molecule has 6 atom stereocenters. The van der Waals surface area contributed by atoms with Crippen LogP contribution in [0.3, 0.4) is 0 Å². The van der Waals surface area contributed by atoms with E-state index in [-0.39, 0.29) is 5.41 Å². The minimum atomic E-state index is -0.653. The van der Waals surface area contributed by atoms with Crippen molar-refractivity contribution in [1.29, 1.82) is 0 Å². The summed E-state index contributed by atoms with van der Waals surface area (Å²) in [5, 5.41) is 14.8. The van der Waals surface area contributed by atoms with Gasteiger partial charge in [-0.25, -0.2) is 0 Å². The van der Waals surface area contributed by atoms with Crippen LogP contribution in [0.25, 0.3) is 10.8 Å². The molecule has 1 N–H and O–H groups in total. The quantitative estimate of drug-likeness (QED) is 0.582. The Balaban J connectivity index is 1.21. The van der Waals surface area contributed by atoms with Gasteiger partial charge in [0.2, 0.25) is 0 Å². The lowest BCUT2D eigenvalue weighted by Crippen LogP contribution is -2.49. The summed E-state index contributed by atoms with van der Waals surface area (Å²) in [6, 6.07) is 9.84. The molecule has 4 aliphatic carbocycles. The highest BCUT2D eigenvalue weighted by Gasteiger charge is 2.58. The van der Waals surface area contributed by atoms with E-state index in [1.165, 1.54) is 60.7 Å². The van der Waals surface area contributed by atoms with Gasteiger partial charge in [-0.05, 0) is 103 Å². The van der Waals surface area contributed by atoms with E-state index in [0.29, 0.717) is 17.8 Å². The maximum atomic E-state index is 12.3. The Labute approximate surface area is 197 Å². The van der Waals surface area contributed by atoms with Gasteiger partial charge in [-0.2, -0.15) is 0 Å². The lowest BCUT2D eigenvalue weighted by molar-refractivity contribution is -0.0474. The van der Waals surface area contributed by atoms with Crippen molar-refractivity contribution >= 4 is 10.8 Å². The highest BCUT2D eigenvalue weighted by molar-refractivity contribution is 5.82. The van der Waals surface area contributed by atoms with Crippen LogP contribution in [-0.4, -0.2) is 39.7 Å².